The normalized spacial score (nSPS) is 26.8. The van der Waals surface area contributed by atoms with Crippen molar-refractivity contribution in [2.45, 2.75) is 88.4 Å². The fourth-order valence-corrected chi connectivity index (χ4v) is 6.84. The summed E-state index contributed by atoms with van der Waals surface area (Å²) in [5.41, 5.74) is 0.643. The van der Waals surface area contributed by atoms with Crippen molar-refractivity contribution >= 4 is 15.8 Å². The number of carbonyl (C=O) groups excluding carboxylic acids is 1. The predicted molar refractivity (Wildman–Crippen MR) is 107 cm³/mol. The summed E-state index contributed by atoms with van der Waals surface area (Å²) in [4.78, 5) is 12.9. The minimum absolute atomic E-state index is 0.0175. The fourth-order valence-electron chi connectivity index (χ4n) is 5.25. The molecule has 2 saturated carbocycles. The van der Waals surface area contributed by atoms with Gasteiger partial charge in [-0.25, -0.2) is 8.42 Å². The van der Waals surface area contributed by atoms with Crippen LogP contribution in [0.15, 0.2) is 29.2 Å². The molecule has 1 saturated heterocycles. The summed E-state index contributed by atoms with van der Waals surface area (Å²) in [7, 11) is -3.79. The average Bonchev–Trinajstić information content (AvgIpc) is 3.18. The van der Waals surface area contributed by atoms with E-state index in [2.05, 4.69) is 0 Å². The molecule has 0 N–H and O–H groups in total. The number of sulfonamides is 1. The van der Waals surface area contributed by atoms with Gasteiger partial charge in [-0.1, -0.05) is 49.8 Å². The molecule has 6 heteroatoms. The second-order valence-electron chi connectivity index (χ2n) is 8.90. The zero-order valence-electron chi connectivity index (χ0n) is 16.7. The Labute approximate surface area is 168 Å². The Kier molecular flexibility index (Phi) is 5.64. The monoisotopic (exact) mass is 405 g/mol. The zero-order valence-corrected chi connectivity index (χ0v) is 17.5. The lowest BCUT2D eigenvalue weighted by Crippen LogP contribution is -2.59. The Morgan fingerprint density at radius 3 is 2.29 bits per heavy atom. The predicted octanol–water partition coefficient (Wildman–Crippen LogP) is 4.19. The van der Waals surface area contributed by atoms with Gasteiger partial charge in [0.05, 0.1) is 17.5 Å². The highest BCUT2D eigenvalue weighted by Crippen LogP contribution is 2.49. The number of carbonyl (C=O) groups is 1. The minimum Gasteiger partial charge on any atom is -0.358 e. The lowest BCUT2D eigenvalue weighted by atomic mass is 9.68. The van der Waals surface area contributed by atoms with Gasteiger partial charge in [0.2, 0.25) is 10.0 Å². The minimum atomic E-state index is -3.79. The number of Topliss-reactive ketones (excluding diaryl/α,β-unsaturated/α-hetero) is 1. The van der Waals surface area contributed by atoms with Gasteiger partial charge in [-0.15, -0.1) is 0 Å². The van der Waals surface area contributed by atoms with Crippen molar-refractivity contribution in [2.24, 2.45) is 5.41 Å². The van der Waals surface area contributed by atoms with Crippen LogP contribution < -0.4 is 0 Å². The third-order valence-electron chi connectivity index (χ3n) is 6.77. The van der Waals surface area contributed by atoms with Crippen molar-refractivity contribution in [1.29, 1.82) is 0 Å². The van der Waals surface area contributed by atoms with Crippen LogP contribution in [0.4, 0.5) is 0 Å². The van der Waals surface area contributed by atoms with Gasteiger partial charge in [-0.3, -0.25) is 4.79 Å². The van der Waals surface area contributed by atoms with Crippen LogP contribution in [0, 0.1) is 12.3 Å². The molecule has 1 aliphatic heterocycles. The molecular formula is C22H31NO4S. The first-order valence-corrected chi connectivity index (χ1v) is 12.1. The second kappa shape index (κ2) is 7.88. The first kappa shape index (κ1) is 20.0. The van der Waals surface area contributed by atoms with Gasteiger partial charge in [0.15, 0.2) is 0 Å². The molecule has 0 radical (unpaired) electrons. The van der Waals surface area contributed by atoms with E-state index in [1.807, 2.05) is 19.1 Å². The van der Waals surface area contributed by atoms with Gasteiger partial charge in [0, 0.05) is 11.8 Å². The van der Waals surface area contributed by atoms with E-state index in [4.69, 9.17) is 4.74 Å². The van der Waals surface area contributed by atoms with Crippen LogP contribution in [0.5, 0.6) is 0 Å². The quantitative estimate of drug-likeness (QED) is 0.753. The summed E-state index contributed by atoms with van der Waals surface area (Å²) in [6, 6.07) is 6.90. The molecule has 0 amide bonds. The molecule has 28 heavy (non-hydrogen) atoms. The molecule has 4 rings (SSSR count). The molecule has 1 aromatic rings. The Balaban J connectivity index is 1.72. The maximum Gasteiger partial charge on any atom is 0.245 e. The van der Waals surface area contributed by atoms with E-state index in [-0.39, 0.29) is 28.7 Å². The summed E-state index contributed by atoms with van der Waals surface area (Å²) >= 11 is 0. The van der Waals surface area contributed by atoms with Gasteiger partial charge >= 0.3 is 0 Å². The summed E-state index contributed by atoms with van der Waals surface area (Å²) < 4.78 is 35.0. The SMILES string of the molecule is Cc1ccc(S(=O)(=O)N2CC(=O)CC3(CCCCC3)C2OC2CCCC2)cc1. The van der Waals surface area contributed by atoms with Crippen LogP contribution in [0.2, 0.25) is 0 Å². The lowest BCUT2D eigenvalue weighted by molar-refractivity contribution is -0.173. The number of ketones is 1. The standard InChI is InChI=1S/C22H31NO4S/c1-17-9-11-20(12-10-17)28(25,26)23-16-18(24)15-22(13-5-2-6-14-22)21(23)27-19-7-3-4-8-19/h9-12,19,21H,2-8,13-16H2,1H3. The van der Waals surface area contributed by atoms with E-state index in [0.29, 0.717) is 6.42 Å². The van der Waals surface area contributed by atoms with Crippen LogP contribution in [0.25, 0.3) is 0 Å². The van der Waals surface area contributed by atoms with E-state index in [1.54, 1.807) is 12.1 Å². The lowest BCUT2D eigenvalue weighted by Gasteiger charge is -2.50. The van der Waals surface area contributed by atoms with Gasteiger partial charge < -0.3 is 4.74 Å². The molecule has 3 aliphatic rings. The molecule has 0 aromatic heterocycles. The smallest absolute Gasteiger partial charge is 0.245 e. The van der Waals surface area contributed by atoms with Crippen LogP contribution >= 0.6 is 0 Å². The molecule has 1 unspecified atom stereocenters. The zero-order chi connectivity index (χ0) is 19.8. The summed E-state index contributed by atoms with van der Waals surface area (Å²) in [6.07, 6.45) is 9.23. The van der Waals surface area contributed by atoms with Crippen molar-refractivity contribution in [3.05, 3.63) is 29.8 Å². The fraction of sp³-hybridized carbons (Fsp3) is 0.682. The van der Waals surface area contributed by atoms with E-state index >= 15 is 0 Å². The van der Waals surface area contributed by atoms with E-state index in [0.717, 1.165) is 63.4 Å². The highest BCUT2D eigenvalue weighted by Gasteiger charge is 2.53. The van der Waals surface area contributed by atoms with Crippen molar-refractivity contribution < 1.29 is 17.9 Å². The Bertz CT molecular complexity index is 805. The number of piperidine rings is 1. The van der Waals surface area contributed by atoms with Crippen LogP contribution in [-0.4, -0.2) is 37.4 Å². The van der Waals surface area contributed by atoms with E-state index in [9.17, 15) is 13.2 Å². The number of hydrogen-bond acceptors (Lipinski definition) is 4. The third-order valence-corrected chi connectivity index (χ3v) is 8.57. The van der Waals surface area contributed by atoms with Crippen LogP contribution in [0.3, 0.4) is 0 Å². The number of hydrogen-bond donors (Lipinski definition) is 0. The van der Waals surface area contributed by atoms with E-state index < -0.39 is 16.3 Å². The number of benzene rings is 1. The highest BCUT2D eigenvalue weighted by atomic mass is 32.2. The third kappa shape index (κ3) is 3.79. The number of aryl methyl sites for hydroxylation is 1. The molecule has 0 bridgehead atoms. The summed E-state index contributed by atoms with van der Waals surface area (Å²) in [5, 5.41) is 0. The molecule has 1 heterocycles. The van der Waals surface area contributed by atoms with Crippen LogP contribution in [-0.2, 0) is 19.6 Å². The van der Waals surface area contributed by atoms with Crippen LogP contribution in [0.1, 0.15) is 69.8 Å². The Hall–Kier alpha value is -1.24. The van der Waals surface area contributed by atoms with Gasteiger partial charge in [0.25, 0.3) is 0 Å². The van der Waals surface area contributed by atoms with Gasteiger partial charge in [-0.2, -0.15) is 4.31 Å². The first-order valence-electron chi connectivity index (χ1n) is 10.7. The highest BCUT2D eigenvalue weighted by molar-refractivity contribution is 7.89. The van der Waals surface area contributed by atoms with Crippen molar-refractivity contribution in [3.8, 4) is 0 Å². The first-order chi connectivity index (χ1) is 13.4. The summed E-state index contributed by atoms with van der Waals surface area (Å²) in [5.74, 6) is 0.0175. The van der Waals surface area contributed by atoms with Crippen molar-refractivity contribution in [3.63, 3.8) is 0 Å². The molecule has 2 aliphatic carbocycles. The molecular weight excluding hydrogens is 374 g/mol. The number of nitrogens with zero attached hydrogens (tertiary/aromatic N) is 1. The van der Waals surface area contributed by atoms with Gasteiger partial charge in [-0.05, 0) is 44.7 Å². The van der Waals surface area contributed by atoms with E-state index in [1.165, 1.54) is 4.31 Å². The van der Waals surface area contributed by atoms with Crippen molar-refractivity contribution in [2.75, 3.05) is 6.54 Å². The molecule has 5 nitrogen and oxygen atoms in total. The molecule has 1 atom stereocenters. The Morgan fingerprint density at radius 2 is 1.64 bits per heavy atom. The molecule has 154 valence electrons. The maximum absolute atomic E-state index is 13.5. The van der Waals surface area contributed by atoms with Crippen molar-refractivity contribution in [1.82, 2.24) is 4.31 Å². The molecule has 1 spiro atoms. The Morgan fingerprint density at radius 1 is 1.00 bits per heavy atom. The summed E-state index contributed by atoms with van der Waals surface area (Å²) in [6.45, 7) is 1.86. The number of ether oxygens (including phenoxy) is 1. The maximum atomic E-state index is 13.5. The molecule has 1 aromatic carbocycles. The number of rotatable bonds is 4. The molecule has 3 fully saturated rings. The topological polar surface area (TPSA) is 63.7 Å². The van der Waals surface area contributed by atoms with Gasteiger partial charge in [0.1, 0.15) is 12.0 Å². The average molecular weight is 406 g/mol. The second-order valence-corrected chi connectivity index (χ2v) is 10.8. The largest absolute Gasteiger partial charge is 0.358 e.